The van der Waals surface area contributed by atoms with E-state index in [1.54, 1.807) is 24.3 Å². The summed E-state index contributed by atoms with van der Waals surface area (Å²) in [5, 5.41) is 0. The first-order chi connectivity index (χ1) is 8.10. The van der Waals surface area contributed by atoms with Crippen LogP contribution in [0.3, 0.4) is 0 Å². The molecule has 4 heteroatoms. The van der Waals surface area contributed by atoms with E-state index in [2.05, 4.69) is 13.5 Å². The smallest absolute Gasteiger partial charge is 0.266 e. The third kappa shape index (κ3) is 4.32. The lowest BCUT2D eigenvalue weighted by atomic mass is 10.2. The van der Waals surface area contributed by atoms with Crippen LogP contribution in [-0.4, -0.2) is 15.0 Å². The number of hydrogen-bond acceptors (Lipinski definition) is 3. The van der Waals surface area contributed by atoms with Gasteiger partial charge in [-0.3, -0.25) is 4.18 Å². The molecule has 1 aromatic carbocycles. The van der Waals surface area contributed by atoms with Gasteiger partial charge in [0.05, 0.1) is 11.5 Å². The van der Waals surface area contributed by atoms with Gasteiger partial charge in [0.25, 0.3) is 10.1 Å². The summed E-state index contributed by atoms with van der Waals surface area (Å²) >= 11 is 0. The van der Waals surface area contributed by atoms with Crippen LogP contribution in [0.4, 0.5) is 0 Å². The van der Waals surface area contributed by atoms with Crippen molar-refractivity contribution >= 4 is 16.2 Å². The normalized spacial score (nSPS) is 11.4. The van der Waals surface area contributed by atoms with Gasteiger partial charge < -0.3 is 0 Å². The lowest BCUT2D eigenvalue weighted by molar-refractivity contribution is 0.308. The molecule has 3 nitrogen and oxygen atoms in total. The SMILES string of the molecule is C=Cc1cccc(S(=O)(=O)OCCCCC)c1. The zero-order chi connectivity index (χ0) is 12.7. The van der Waals surface area contributed by atoms with Crippen molar-refractivity contribution in [1.82, 2.24) is 0 Å². The molecule has 0 N–H and O–H groups in total. The Labute approximate surface area is 103 Å². The Kier molecular flexibility index (Phi) is 5.38. The van der Waals surface area contributed by atoms with Crippen LogP contribution in [0.1, 0.15) is 31.7 Å². The molecule has 0 saturated heterocycles. The van der Waals surface area contributed by atoms with Crippen LogP contribution in [0.15, 0.2) is 35.7 Å². The molecule has 0 amide bonds. The Morgan fingerprint density at radius 3 is 2.76 bits per heavy atom. The largest absolute Gasteiger partial charge is 0.296 e. The second-order valence-electron chi connectivity index (χ2n) is 3.76. The Bertz CT molecular complexity index is 463. The first kappa shape index (κ1) is 13.9. The number of unbranched alkanes of at least 4 members (excludes halogenated alkanes) is 2. The van der Waals surface area contributed by atoms with Crippen LogP contribution < -0.4 is 0 Å². The standard InChI is InChI=1S/C13H18O3S/c1-3-5-6-10-16-17(14,15)13-9-7-8-12(4-2)11-13/h4,7-9,11H,2-3,5-6,10H2,1H3. The average Bonchev–Trinajstić information content (AvgIpc) is 2.35. The van der Waals surface area contributed by atoms with Gasteiger partial charge in [-0.15, -0.1) is 0 Å². The molecule has 0 aliphatic heterocycles. The van der Waals surface area contributed by atoms with Gasteiger partial charge >= 0.3 is 0 Å². The summed E-state index contributed by atoms with van der Waals surface area (Å²) in [6, 6.07) is 6.56. The van der Waals surface area contributed by atoms with E-state index < -0.39 is 10.1 Å². The molecule has 17 heavy (non-hydrogen) atoms. The van der Waals surface area contributed by atoms with Crippen LogP contribution in [-0.2, 0) is 14.3 Å². The van der Waals surface area contributed by atoms with Crippen LogP contribution >= 0.6 is 0 Å². The molecule has 0 saturated carbocycles. The lowest BCUT2D eigenvalue weighted by Gasteiger charge is -2.05. The van der Waals surface area contributed by atoms with Crippen molar-refractivity contribution in [2.24, 2.45) is 0 Å². The van der Waals surface area contributed by atoms with Gasteiger partial charge in [-0.25, -0.2) is 0 Å². The molecule has 0 aromatic heterocycles. The highest BCUT2D eigenvalue weighted by Gasteiger charge is 2.14. The molecular formula is C13H18O3S. The third-order valence-electron chi connectivity index (χ3n) is 2.37. The summed E-state index contributed by atoms with van der Waals surface area (Å²) in [5.74, 6) is 0. The number of hydrogen-bond donors (Lipinski definition) is 0. The van der Waals surface area contributed by atoms with Crippen LogP contribution in [0.5, 0.6) is 0 Å². The maximum atomic E-state index is 11.8. The Morgan fingerprint density at radius 1 is 1.35 bits per heavy atom. The molecule has 94 valence electrons. The van der Waals surface area contributed by atoms with E-state index in [4.69, 9.17) is 4.18 Å². The molecule has 1 rings (SSSR count). The Balaban J connectivity index is 2.71. The van der Waals surface area contributed by atoms with E-state index in [9.17, 15) is 8.42 Å². The summed E-state index contributed by atoms with van der Waals surface area (Å²) in [7, 11) is -3.62. The minimum atomic E-state index is -3.62. The third-order valence-corrected chi connectivity index (χ3v) is 3.68. The van der Waals surface area contributed by atoms with Gasteiger partial charge in [-0.2, -0.15) is 8.42 Å². The molecular weight excluding hydrogens is 236 g/mol. The van der Waals surface area contributed by atoms with Crippen molar-refractivity contribution in [1.29, 1.82) is 0 Å². The van der Waals surface area contributed by atoms with E-state index in [0.29, 0.717) is 0 Å². The van der Waals surface area contributed by atoms with Gasteiger partial charge in [-0.1, -0.05) is 44.6 Å². The highest BCUT2D eigenvalue weighted by atomic mass is 32.2. The number of benzene rings is 1. The molecule has 0 atom stereocenters. The van der Waals surface area contributed by atoms with Crippen molar-refractivity contribution in [3.8, 4) is 0 Å². The van der Waals surface area contributed by atoms with Gasteiger partial charge in [0.2, 0.25) is 0 Å². The second-order valence-corrected chi connectivity index (χ2v) is 5.38. The summed E-state index contributed by atoms with van der Waals surface area (Å²) in [4.78, 5) is 0.186. The van der Waals surface area contributed by atoms with Crippen LogP contribution in [0, 0.1) is 0 Å². The topological polar surface area (TPSA) is 43.4 Å². The zero-order valence-electron chi connectivity index (χ0n) is 10.1. The predicted octanol–water partition coefficient (Wildman–Crippen LogP) is 3.23. The van der Waals surface area contributed by atoms with Crippen molar-refractivity contribution in [2.45, 2.75) is 31.1 Å². The van der Waals surface area contributed by atoms with Crippen molar-refractivity contribution in [2.75, 3.05) is 6.61 Å². The van der Waals surface area contributed by atoms with Gasteiger partial charge in [-0.05, 0) is 24.1 Å². The van der Waals surface area contributed by atoms with Crippen molar-refractivity contribution in [3.63, 3.8) is 0 Å². The van der Waals surface area contributed by atoms with E-state index in [-0.39, 0.29) is 11.5 Å². The second kappa shape index (κ2) is 6.57. The summed E-state index contributed by atoms with van der Waals surface area (Å²) in [5.41, 5.74) is 0.767. The summed E-state index contributed by atoms with van der Waals surface area (Å²) in [6.07, 6.45) is 4.38. The highest BCUT2D eigenvalue weighted by Crippen LogP contribution is 2.15. The maximum Gasteiger partial charge on any atom is 0.296 e. The van der Waals surface area contributed by atoms with Gasteiger partial charge in [0.15, 0.2) is 0 Å². The summed E-state index contributed by atoms with van der Waals surface area (Å²) < 4.78 is 28.6. The molecule has 1 aromatic rings. The highest BCUT2D eigenvalue weighted by molar-refractivity contribution is 7.86. The Hall–Kier alpha value is -1.13. The number of rotatable bonds is 7. The van der Waals surface area contributed by atoms with E-state index >= 15 is 0 Å². The molecule has 0 unspecified atom stereocenters. The fraction of sp³-hybridized carbons (Fsp3) is 0.385. The first-order valence-electron chi connectivity index (χ1n) is 5.72. The molecule has 0 heterocycles. The fourth-order valence-electron chi connectivity index (χ4n) is 1.39. The van der Waals surface area contributed by atoms with Gasteiger partial charge in [0.1, 0.15) is 0 Å². The van der Waals surface area contributed by atoms with E-state index in [1.807, 2.05) is 0 Å². The van der Waals surface area contributed by atoms with Crippen molar-refractivity contribution in [3.05, 3.63) is 36.4 Å². The summed E-state index contributed by atoms with van der Waals surface area (Å²) in [6.45, 7) is 5.91. The van der Waals surface area contributed by atoms with Crippen LogP contribution in [0.25, 0.3) is 6.08 Å². The monoisotopic (exact) mass is 254 g/mol. The minimum absolute atomic E-state index is 0.186. The maximum absolute atomic E-state index is 11.8. The predicted molar refractivity (Wildman–Crippen MR) is 69.2 cm³/mol. The van der Waals surface area contributed by atoms with Crippen molar-refractivity contribution < 1.29 is 12.6 Å². The quantitative estimate of drug-likeness (QED) is 0.554. The molecule has 0 fully saturated rings. The van der Waals surface area contributed by atoms with Crippen LogP contribution in [0.2, 0.25) is 0 Å². The van der Waals surface area contributed by atoms with E-state index in [0.717, 1.165) is 24.8 Å². The first-order valence-corrected chi connectivity index (χ1v) is 7.13. The van der Waals surface area contributed by atoms with Gasteiger partial charge in [0, 0.05) is 0 Å². The molecule has 0 aliphatic carbocycles. The fourth-order valence-corrected chi connectivity index (χ4v) is 2.38. The zero-order valence-corrected chi connectivity index (χ0v) is 10.9. The lowest BCUT2D eigenvalue weighted by Crippen LogP contribution is -2.07. The molecule has 0 spiro atoms. The van der Waals surface area contributed by atoms with E-state index in [1.165, 1.54) is 6.07 Å². The molecule has 0 radical (unpaired) electrons. The molecule has 0 aliphatic rings. The minimum Gasteiger partial charge on any atom is -0.266 e. The Morgan fingerprint density at radius 2 is 2.12 bits per heavy atom. The molecule has 0 bridgehead atoms. The average molecular weight is 254 g/mol.